The molecule has 0 aliphatic heterocycles. The van der Waals surface area contributed by atoms with E-state index in [2.05, 4.69) is 15.0 Å². The lowest BCUT2D eigenvalue weighted by Crippen LogP contribution is -2.40. The van der Waals surface area contributed by atoms with Crippen molar-refractivity contribution in [2.45, 2.75) is 13.3 Å². The van der Waals surface area contributed by atoms with Crippen molar-refractivity contribution in [2.24, 2.45) is 20.4 Å². The summed E-state index contributed by atoms with van der Waals surface area (Å²) in [6, 6.07) is 17.0. The maximum Gasteiger partial charge on any atom is 0.338 e. The van der Waals surface area contributed by atoms with Crippen molar-refractivity contribution < 1.29 is 85.8 Å². The number of isocyanates is 3. The second-order valence-corrected chi connectivity index (χ2v) is 12.7. The van der Waals surface area contributed by atoms with E-state index in [9.17, 15) is 43.2 Å². The van der Waals surface area contributed by atoms with Gasteiger partial charge in [0.2, 0.25) is 18.2 Å². The van der Waals surface area contributed by atoms with Crippen molar-refractivity contribution in [1.29, 1.82) is 0 Å². The molecule has 332 valence electrons. The van der Waals surface area contributed by atoms with E-state index in [1.165, 1.54) is 91.0 Å². The van der Waals surface area contributed by atoms with Crippen LogP contribution in [0.1, 0.15) is 44.4 Å². The molecular formula is C42H41N3O18. The minimum atomic E-state index is -1.26. The Hall–Kier alpha value is -7.50. The van der Waals surface area contributed by atoms with Gasteiger partial charge in [-0.05, 0) is 79.2 Å². The molecule has 0 saturated carbocycles. The van der Waals surface area contributed by atoms with Gasteiger partial charge < -0.3 is 42.6 Å². The molecule has 21 nitrogen and oxygen atoms in total. The van der Waals surface area contributed by atoms with Crippen molar-refractivity contribution in [3.05, 3.63) is 89.5 Å². The molecule has 0 aliphatic rings. The monoisotopic (exact) mass is 875 g/mol. The Morgan fingerprint density at radius 1 is 0.429 bits per heavy atom. The quantitative estimate of drug-likeness (QED) is 0.0332. The number of hydrogen-bond acceptors (Lipinski definition) is 21. The molecule has 21 heteroatoms. The van der Waals surface area contributed by atoms with Gasteiger partial charge in [-0.25, -0.2) is 43.2 Å². The van der Waals surface area contributed by atoms with E-state index in [1.54, 1.807) is 6.92 Å². The van der Waals surface area contributed by atoms with Crippen molar-refractivity contribution in [3.8, 4) is 0 Å². The molecule has 0 atom stereocenters. The summed E-state index contributed by atoms with van der Waals surface area (Å²) in [6.07, 6.45) is 4.33. The first kappa shape index (κ1) is 49.9. The summed E-state index contributed by atoms with van der Waals surface area (Å²) in [5, 5.41) is 0. The summed E-state index contributed by atoms with van der Waals surface area (Å²) < 4.78 is 47.2. The van der Waals surface area contributed by atoms with Crippen LogP contribution in [0.4, 0.5) is 17.1 Å². The van der Waals surface area contributed by atoms with Crippen LogP contribution >= 0.6 is 0 Å². The maximum absolute atomic E-state index is 12.6. The summed E-state index contributed by atoms with van der Waals surface area (Å²) in [6.45, 7) is -2.31. The summed E-state index contributed by atoms with van der Waals surface area (Å²) in [5.74, 6) is -4.56. The zero-order chi connectivity index (χ0) is 45.7. The van der Waals surface area contributed by atoms with Crippen LogP contribution in [0.3, 0.4) is 0 Å². The highest BCUT2D eigenvalue weighted by molar-refractivity contribution is 5.91. The fourth-order valence-corrected chi connectivity index (χ4v) is 4.73. The SMILES string of the molecule is CCC(COC(=O)COCCOC(=O)c1ccc(N=C=O)cc1)(COC(=O)COCCOC(=O)c1ccc(N=C=O)cc1)COC(=O)COCCOC(=O)c1ccc(N=C=O)cc1. The normalized spacial score (nSPS) is 11.2. The molecule has 0 radical (unpaired) electrons. The molecule has 3 aromatic rings. The summed E-state index contributed by atoms with van der Waals surface area (Å²) >= 11 is 0. The molecule has 0 amide bonds. The van der Waals surface area contributed by atoms with Crippen LogP contribution in [0.2, 0.25) is 0 Å². The molecule has 0 aromatic heterocycles. The Labute approximate surface area is 358 Å². The van der Waals surface area contributed by atoms with Crippen molar-refractivity contribution in [2.75, 3.05) is 79.3 Å². The molecule has 3 aromatic carbocycles. The number of aliphatic imine (C=N–C) groups is 3. The van der Waals surface area contributed by atoms with Crippen LogP contribution in [0, 0.1) is 5.41 Å². The fraction of sp³-hybridized carbons (Fsp3) is 0.357. The number of ether oxygens (including phenoxy) is 9. The van der Waals surface area contributed by atoms with Gasteiger partial charge in [-0.1, -0.05) is 6.92 Å². The smallest absolute Gasteiger partial charge is 0.338 e. The van der Waals surface area contributed by atoms with Gasteiger partial charge >= 0.3 is 35.8 Å². The standard InChI is InChI=1S/C42H41N3O18/c1-2-42(24-61-36(49)21-55-15-18-58-39(52)30-3-9-33(10-4-30)43-27-46,25-62-37(50)22-56-16-19-59-40(53)31-5-11-34(12-6-31)44-28-47)26-63-38(51)23-57-17-20-60-41(54)32-7-13-35(14-8-32)45-29-48/h3-14H,2,15-26H2,1H3. The molecule has 63 heavy (non-hydrogen) atoms. The van der Waals surface area contributed by atoms with Crippen molar-refractivity contribution in [3.63, 3.8) is 0 Å². The van der Waals surface area contributed by atoms with Crippen molar-refractivity contribution >= 4 is 71.1 Å². The zero-order valence-corrected chi connectivity index (χ0v) is 33.8. The Bertz CT molecular complexity index is 1900. The minimum absolute atomic E-state index is 0.165. The van der Waals surface area contributed by atoms with Gasteiger partial charge in [0.05, 0.1) is 59.0 Å². The minimum Gasteiger partial charge on any atom is -0.463 e. The molecule has 3 rings (SSSR count). The number of carbonyl (C=O) groups is 6. The predicted molar refractivity (Wildman–Crippen MR) is 212 cm³/mol. The van der Waals surface area contributed by atoms with Crippen LogP contribution in [0.25, 0.3) is 0 Å². The highest BCUT2D eigenvalue weighted by Gasteiger charge is 2.34. The lowest BCUT2D eigenvalue weighted by Gasteiger charge is -2.31. The first-order valence-corrected chi connectivity index (χ1v) is 18.8. The van der Waals surface area contributed by atoms with Gasteiger partial charge in [0.15, 0.2) is 0 Å². The number of rotatable bonds is 28. The Morgan fingerprint density at radius 2 is 0.698 bits per heavy atom. The number of benzene rings is 3. The highest BCUT2D eigenvalue weighted by Crippen LogP contribution is 2.25. The van der Waals surface area contributed by atoms with Crippen LogP contribution in [-0.4, -0.2) is 133 Å². The largest absolute Gasteiger partial charge is 0.463 e. The predicted octanol–water partition coefficient (Wildman–Crippen LogP) is 3.54. The molecule has 0 spiro atoms. The molecule has 0 unspecified atom stereocenters. The lowest BCUT2D eigenvalue weighted by molar-refractivity contribution is -0.168. The molecule has 0 saturated heterocycles. The number of carbonyl (C=O) groups excluding carboxylic acids is 9. The van der Waals surface area contributed by atoms with Crippen LogP contribution in [0.15, 0.2) is 87.8 Å². The highest BCUT2D eigenvalue weighted by atomic mass is 16.6. The van der Waals surface area contributed by atoms with Gasteiger partial charge in [-0.15, -0.1) is 0 Å². The maximum atomic E-state index is 12.6. The fourth-order valence-electron chi connectivity index (χ4n) is 4.73. The van der Waals surface area contributed by atoms with Crippen molar-refractivity contribution in [1.82, 2.24) is 0 Å². The molecule has 0 aliphatic carbocycles. The van der Waals surface area contributed by atoms with Crippen LogP contribution in [0.5, 0.6) is 0 Å². The van der Waals surface area contributed by atoms with E-state index in [-0.39, 0.29) is 62.8 Å². The van der Waals surface area contributed by atoms with E-state index in [0.717, 1.165) is 0 Å². The molecular weight excluding hydrogens is 834 g/mol. The Morgan fingerprint density at radius 3 is 0.937 bits per heavy atom. The lowest BCUT2D eigenvalue weighted by atomic mass is 9.88. The first-order chi connectivity index (χ1) is 30.5. The van der Waals surface area contributed by atoms with Gasteiger partial charge in [0.1, 0.15) is 59.5 Å². The van der Waals surface area contributed by atoms with Crippen LogP contribution in [-0.2, 0) is 71.4 Å². The van der Waals surface area contributed by atoms with E-state index in [0.29, 0.717) is 17.1 Å². The first-order valence-electron chi connectivity index (χ1n) is 18.8. The number of esters is 6. The Kier molecular flexibility index (Phi) is 22.2. The van der Waals surface area contributed by atoms with E-state index in [4.69, 9.17) is 42.6 Å². The molecule has 0 bridgehead atoms. The topological polar surface area (TPSA) is 274 Å². The molecule has 0 N–H and O–H groups in total. The number of nitrogens with zero attached hydrogens (tertiary/aromatic N) is 3. The van der Waals surface area contributed by atoms with Gasteiger partial charge in [0, 0.05) is 0 Å². The van der Waals surface area contributed by atoms with E-state index < -0.39 is 80.9 Å². The second-order valence-electron chi connectivity index (χ2n) is 12.7. The third kappa shape index (κ3) is 19.2. The van der Waals surface area contributed by atoms with E-state index >= 15 is 0 Å². The summed E-state index contributed by atoms with van der Waals surface area (Å²) in [5.41, 5.74) is 0.231. The molecule has 0 heterocycles. The average molecular weight is 876 g/mol. The van der Waals surface area contributed by atoms with E-state index in [1.807, 2.05) is 0 Å². The van der Waals surface area contributed by atoms with Gasteiger partial charge in [-0.2, -0.15) is 15.0 Å². The number of hydrogen-bond donors (Lipinski definition) is 0. The zero-order valence-electron chi connectivity index (χ0n) is 33.8. The molecule has 0 fully saturated rings. The van der Waals surface area contributed by atoms with Gasteiger partial charge in [-0.3, -0.25) is 0 Å². The third-order valence-electron chi connectivity index (χ3n) is 8.24. The van der Waals surface area contributed by atoms with Gasteiger partial charge in [0.25, 0.3) is 0 Å². The van der Waals surface area contributed by atoms with Crippen LogP contribution < -0.4 is 0 Å². The second kappa shape index (κ2) is 28.1. The summed E-state index contributed by atoms with van der Waals surface area (Å²) in [7, 11) is 0. The average Bonchev–Trinajstić information content (AvgIpc) is 3.29. The Balaban J connectivity index is 1.45. The summed E-state index contributed by atoms with van der Waals surface area (Å²) in [4.78, 5) is 116. The third-order valence-corrected chi connectivity index (χ3v) is 8.24.